The van der Waals surface area contributed by atoms with Gasteiger partial charge in [0.15, 0.2) is 0 Å². The van der Waals surface area contributed by atoms with Crippen LogP contribution in [0.2, 0.25) is 5.02 Å². The van der Waals surface area contributed by atoms with Crippen LogP contribution in [0.3, 0.4) is 0 Å². The third kappa shape index (κ3) is 4.50. The number of nitrogens with one attached hydrogen (secondary N) is 1. The fourth-order valence-corrected chi connectivity index (χ4v) is 4.40. The van der Waals surface area contributed by atoms with Gasteiger partial charge in [0.1, 0.15) is 5.82 Å². The van der Waals surface area contributed by atoms with Gasteiger partial charge < -0.3 is 10.2 Å². The van der Waals surface area contributed by atoms with Crippen molar-refractivity contribution in [3.63, 3.8) is 0 Å². The number of hydrogen-bond acceptors (Lipinski definition) is 4. The predicted octanol–water partition coefficient (Wildman–Crippen LogP) is 3.62. The molecule has 0 aliphatic carbocycles. The first-order chi connectivity index (χ1) is 15.0. The highest BCUT2D eigenvalue weighted by atomic mass is 35.5. The molecule has 2 aromatic carbocycles. The Bertz CT molecular complexity index is 1140. The molecule has 0 unspecified atom stereocenters. The fourth-order valence-electron chi connectivity index (χ4n) is 4.24. The fraction of sp³-hybridized carbons (Fsp3) is 0.375. The van der Waals surface area contributed by atoms with Gasteiger partial charge in [0.05, 0.1) is 23.5 Å². The number of amides is 1. The first kappa shape index (κ1) is 21.5. The highest BCUT2D eigenvalue weighted by Crippen LogP contribution is 2.29. The highest BCUT2D eigenvalue weighted by molar-refractivity contribution is 6.31. The normalized spacial score (nSPS) is 16.0. The summed E-state index contributed by atoms with van der Waals surface area (Å²) in [5.74, 6) is 0.761. The Kier molecular flexibility index (Phi) is 6.39. The third-order valence-corrected chi connectivity index (χ3v) is 5.96. The van der Waals surface area contributed by atoms with Crippen molar-refractivity contribution < 1.29 is 4.79 Å². The van der Waals surface area contributed by atoms with Crippen molar-refractivity contribution in [3.8, 4) is 0 Å². The van der Waals surface area contributed by atoms with E-state index in [1.54, 1.807) is 22.8 Å². The molecule has 31 heavy (non-hydrogen) atoms. The van der Waals surface area contributed by atoms with Gasteiger partial charge in [0.2, 0.25) is 5.91 Å². The average molecular weight is 439 g/mol. The largest absolute Gasteiger partial charge is 0.331 e. The molecule has 2 heterocycles. The molecule has 1 atom stereocenters. The Labute approximate surface area is 186 Å². The van der Waals surface area contributed by atoms with Crippen LogP contribution in [-0.4, -0.2) is 40.0 Å². The van der Waals surface area contributed by atoms with E-state index >= 15 is 0 Å². The van der Waals surface area contributed by atoms with Crippen LogP contribution in [0.15, 0.2) is 53.3 Å². The zero-order valence-electron chi connectivity index (χ0n) is 17.8. The molecule has 162 valence electrons. The third-order valence-electron chi connectivity index (χ3n) is 5.73. The number of carbonyl (C=O) groups is 1. The van der Waals surface area contributed by atoms with Crippen molar-refractivity contribution in [1.82, 2.24) is 19.8 Å². The lowest BCUT2D eigenvalue weighted by Crippen LogP contribution is -2.42. The molecule has 6 nitrogen and oxygen atoms in total. The summed E-state index contributed by atoms with van der Waals surface area (Å²) >= 11 is 6.21. The molecule has 0 bridgehead atoms. The number of fused-ring (bicyclic) bond motifs is 1. The van der Waals surface area contributed by atoms with Crippen LogP contribution in [0.1, 0.15) is 37.7 Å². The van der Waals surface area contributed by atoms with Crippen LogP contribution in [0.25, 0.3) is 10.9 Å². The Balaban J connectivity index is 1.93. The summed E-state index contributed by atoms with van der Waals surface area (Å²) in [6, 6.07) is 14.7. The quantitative estimate of drug-likeness (QED) is 0.660. The van der Waals surface area contributed by atoms with Crippen LogP contribution >= 0.6 is 11.6 Å². The smallest absolute Gasteiger partial charge is 0.261 e. The van der Waals surface area contributed by atoms with Crippen LogP contribution in [-0.2, 0) is 11.3 Å². The molecular weight excluding hydrogens is 412 g/mol. The molecular formula is C24H27ClN4O2. The van der Waals surface area contributed by atoms with Crippen molar-refractivity contribution in [2.45, 2.75) is 32.9 Å². The number of carbonyl (C=O) groups excluding carboxylic acids is 1. The van der Waals surface area contributed by atoms with Crippen LogP contribution in [0, 0.1) is 5.92 Å². The predicted molar refractivity (Wildman–Crippen MR) is 123 cm³/mol. The van der Waals surface area contributed by atoms with Crippen molar-refractivity contribution in [3.05, 3.63) is 75.3 Å². The van der Waals surface area contributed by atoms with Crippen LogP contribution < -0.4 is 10.9 Å². The second-order valence-electron chi connectivity index (χ2n) is 8.28. The number of nitrogens with zero attached hydrogens (tertiary/aromatic N) is 3. The number of halogens is 1. The second-order valence-corrected chi connectivity index (χ2v) is 8.72. The number of hydrogen-bond donors (Lipinski definition) is 1. The molecule has 7 heteroatoms. The molecule has 0 radical (unpaired) electrons. The second kappa shape index (κ2) is 9.20. The first-order valence-electron chi connectivity index (χ1n) is 10.7. The summed E-state index contributed by atoms with van der Waals surface area (Å²) in [6.45, 7) is 6.49. The number of aromatic nitrogens is 2. The van der Waals surface area contributed by atoms with Gasteiger partial charge in [0, 0.05) is 31.1 Å². The summed E-state index contributed by atoms with van der Waals surface area (Å²) in [5, 5.41) is 4.34. The molecule has 1 aromatic heterocycles. The average Bonchev–Trinajstić information content (AvgIpc) is 2.96. The van der Waals surface area contributed by atoms with Gasteiger partial charge >= 0.3 is 0 Å². The lowest BCUT2D eigenvalue weighted by atomic mass is 10.00. The van der Waals surface area contributed by atoms with Crippen molar-refractivity contribution in [2.75, 3.05) is 19.6 Å². The molecule has 0 spiro atoms. The number of rotatable bonds is 5. The summed E-state index contributed by atoms with van der Waals surface area (Å²) in [6.07, 6.45) is 0.436. The van der Waals surface area contributed by atoms with Gasteiger partial charge in [-0.15, -0.1) is 0 Å². The summed E-state index contributed by atoms with van der Waals surface area (Å²) in [4.78, 5) is 33.3. The molecule has 1 saturated heterocycles. The van der Waals surface area contributed by atoms with Gasteiger partial charge in [0.25, 0.3) is 5.56 Å². The van der Waals surface area contributed by atoms with E-state index in [-0.39, 0.29) is 23.4 Å². The van der Waals surface area contributed by atoms with E-state index in [1.807, 2.05) is 35.2 Å². The molecule has 1 N–H and O–H groups in total. The topological polar surface area (TPSA) is 67.2 Å². The number of benzene rings is 2. The summed E-state index contributed by atoms with van der Waals surface area (Å²) < 4.78 is 1.72. The van der Waals surface area contributed by atoms with Gasteiger partial charge in [-0.3, -0.25) is 14.2 Å². The zero-order chi connectivity index (χ0) is 22.0. The minimum atomic E-state index is -0.313. The van der Waals surface area contributed by atoms with Crippen molar-refractivity contribution in [1.29, 1.82) is 0 Å². The summed E-state index contributed by atoms with van der Waals surface area (Å²) in [7, 11) is 0. The molecule has 1 aliphatic heterocycles. The van der Waals surface area contributed by atoms with Gasteiger partial charge in [-0.25, -0.2) is 4.98 Å². The molecule has 1 fully saturated rings. The highest BCUT2D eigenvalue weighted by Gasteiger charge is 2.32. The summed E-state index contributed by atoms with van der Waals surface area (Å²) in [5.41, 5.74) is 1.45. The Morgan fingerprint density at radius 2 is 1.87 bits per heavy atom. The van der Waals surface area contributed by atoms with Crippen LogP contribution in [0.4, 0.5) is 0 Å². The van der Waals surface area contributed by atoms with Gasteiger partial charge in [-0.1, -0.05) is 55.8 Å². The van der Waals surface area contributed by atoms with Crippen molar-refractivity contribution >= 4 is 28.4 Å². The van der Waals surface area contributed by atoms with E-state index in [9.17, 15) is 9.59 Å². The first-order valence-corrected chi connectivity index (χ1v) is 11.1. The SMILES string of the molecule is CC(C)[C@H](c1nc2cc(Cl)ccc2c(=O)n1Cc1ccccc1)N1CCNCCC1=O. The van der Waals surface area contributed by atoms with E-state index in [2.05, 4.69) is 19.2 Å². The maximum atomic E-state index is 13.6. The molecule has 1 aliphatic rings. The monoisotopic (exact) mass is 438 g/mol. The zero-order valence-corrected chi connectivity index (χ0v) is 18.6. The molecule has 4 rings (SSSR count). The maximum Gasteiger partial charge on any atom is 0.261 e. The lowest BCUT2D eigenvalue weighted by molar-refractivity contribution is -0.134. The van der Waals surface area contributed by atoms with E-state index < -0.39 is 0 Å². The maximum absolute atomic E-state index is 13.6. The van der Waals surface area contributed by atoms with E-state index in [1.165, 1.54) is 0 Å². The minimum absolute atomic E-state index is 0.0765. The van der Waals surface area contributed by atoms with E-state index in [0.717, 1.165) is 12.1 Å². The molecule has 1 amide bonds. The minimum Gasteiger partial charge on any atom is -0.331 e. The van der Waals surface area contributed by atoms with Crippen molar-refractivity contribution in [2.24, 2.45) is 5.92 Å². The Hall–Kier alpha value is -2.70. The van der Waals surface area contributed by atoms with E-state index in [0.29, 0.717) is 47.8 Å². The van der Waals surface area contributed by atoms with Gasteiger partial charge in [-0.05, 0) is 29.7 Å². The Morgan fingerprint density at radius 1 is 1.10 bits per heavy atom. The van der Waals surface area contributed by atoms with E-state index in [4.69, 9.17) is 16.6 Å². The molecule has 0 saturated carbocycles. The standard InChI is InChI=1S/C24H27ClN4O2/c1-16(2)22(28-13-12-26-11-10-21(28)30)23-27-20-14-18(25)8-9-19(20)24(31)29(23)15-17-6-4-3-5-7-17/h3-9,14,16,22,26H,10-13,15H2,1-2H3/t22-/m1/s1. The Morgan fingerprint density at radius 3 is 2.61 bits per heavy atom. The molecule has 3 aromatic rings. The lowest BCUT2D eigenvalue weighted by Gasteiger charge is -2.34. The van der Waals surface area contributed by atoms with Gasteiger partial charge in [-0.2, -0.15) is 0 Å². The van der Waals surface area contributed by atoms with Crippen LogP contribution in [0.5, 0.6) is 0 Å².